The molecule has 2 amide bonds. The zero-order valence-electron chi connectivity index (χ0n) is 14.8. The van der Waals surface area contributed by atoms with Crippen molar-refractivity contribution in [3.8, 4) is 0 Å². The van der Waals surface area contributed by atoms with Gasteiger partial charge in [0.25, 0.3) is 0 Å². The lowest BCUT2D eigenvalue weighted by Gasteiger charge is -2.34. The molecule has 1 aliphatic heterocycles. The Balaban J connectivity index is 2.08. The molecule has 24 heavy (non-hydrogen) atoms. The molecule has 0 aromatic heterocycles. The van der Waals surface area contributed by atoms with Crippen molar-refractivity contribution in [2.24, 2.45) is 11.3 Å². The number of nitrogens with one attached hydrogen (secondary N) is 1. The van der Waals surface area contributed by atoms with E-state index < -0.39 is 11.9 Å². The standard InChI is InChI=1S/C19H28N2O3/c1-19(2,3)12-16(14-8-5-4-6-9-14)20-18(24)21-11-7-10-15(13-21)17(22)23/h4-6,8-9,15-16H,7,10-13H2,1-3H3,(H,20,24)(H,22,23). The molecule has 1 heterocycles. The number of carbonyl (C=O) groups excluding carboxylic acids is 1. The Morgan fingerprint density at radius 1 is 1.29 bits per heavy atom. The largest absolute Gasteiger partial charge is 0.481 e. The van der Waals surface area contributed by atoms with E-state index in [4.69, 9.17) is 0 Å². The van der Waals surface area contributed by atoms with Gasteiger partial charge in [-0.1, -0.05) is 51.1 Å². The Kier molecular flexibility index (Phi) is 5.86. The molecule has 2 unspecified atom stereocenters. The van der Waals surface area contributed by atoms with Crippen LogP contribution in [-0.2, 0) is 4.79 Å². The molecule has 1 aliphatic rings. The number of carbonyl (C=O) groups is 2. The molecule has 0 saturated carbocycles. The molecule has 1 aromatic carbocycles. The SMILES string of the molecule is CC(C)(C)CC(NC(=O)N1CCCC(C(=O)O)C1)c1ccccc1. The minimum atomic E-state index is -0.818. The smallest absolute Gasteiger partial charge is 0.317 e. The van der Waals surface area contributed by atoms with Gasteiger partial charge in [-0.25, -0.2) is 4.79 Å². The summed E-state index contributed by atoms with van der Waals surface area (Å²) in [6.07, 6.45) is 2.20. The highest BCUT2D eigenvalue weighted by molar-refractivity contribution is 5.77. The van der Waals surface area contributed by atoms with Gasteiger partial charge < -0.3 is 15.3 Å². The van der Waals surface area contributed by atoms with Gasteiger partial charge in [0, 0.05) is 13.1 Å². The summed E-state index contributed by atoms with van der Waals surface area (Å²) in [6, 6.07) is 9.70. The van der Waals surface area contributed by atoms with Gasteiger partial charge in [0.05, 0.1) is 12.0 Å². The van der Waals surface area contributed by atoms with Gasteiger partial charge in [0.1, 0.15) is 0 Å². The molecule has 1 saturated heterocycles. The first kappa shape index (κ1) is 18.3. The van der Waals surface area contributed by atoms with E-state index in [0.29, 0.717) is 13.0 Å². The highest BCUT2D eigenvalue weighted by atomic mass is 16.4. The van der Waals surface area contributed by atoms with Crippen molar-refractivity contribution in [1.29, 1.82) is 0 Å². The fourth-order valence-corrected chi connectivity index (χ4v) is 3.15. The van der Waals surface area contributed by atoms with Crippen LogP contribution < -0.4 is 5.32 Å². The normalized spacial score (nSPS) is 19.6. The number of likely N-dealkylation sites (tertiary alicyclic amines) is 1. The fraction of sp³-hybridized carbons (Fsp3) is 0.579. The topological polar surface area (TPSA) is 69.6 Å². The number of benzene rings is 1. The van der Waals surface area contributed by atoms with Crippen LogP contribution in [0.4, 0.5) is 4.79 Å². The van der Waals surface area contributed by atoms with E-state index in [1.54, 1.807) is 4.90 Å². The van der Waals surface area contributed by atoms with E-state index in [9.17, 15) is 14.7 Å². The van der Waals surface area contributed by atoms with Crippen LogP contribution in [0, 0.1) is 11.3 Å². The monoisotopic (exact) mass is 332 g/mol. The van der Waals surface area contributed by atoms with E-state index >= 15 is 0 Å². The molecule has 5 heteroatoms. The fourth-order valence-electron chi connectivity index (χ4n) is 3.15. The predicted octanol–water partition coefficient (Wildman–Crippen LogP) is 3.67. The Hall–Kier alpha value is -2.04. The second-order valence-corrected chi connectivity index (χ2v) is 7.80. The summed E-state index contributed by atoms with van der Waals surface area (Å²) in [5, 5.41) is 12.3. The van der Waals surface area contributed by atoms with Crippen molar-refractivity contribution in [1.82, 2.24) is 10.2 Å². The lowest BCUT2D eigenvalue weighted by Crippen LogP contribution is -2.48. The molecule has 2 atom stereocenters. The summed E-state index contributed by atoms with van der Waals surface area (Å²) in [6.45, 7) is 7.36. The molecular weight excluding hydrogens is 304 g/mol. The molecule has 0 bridgehead atoms. The Bertz CT molecular complexity index is 566. The molecule has 0 aliphatic carbocycles. The molecular formula is C19H28N2O3. The second-order valence-electron chi connectivity index (χ2n) is 7.80. The number of carboxylic acids is 1. The van der Waals surface area contributed by atoms with Gasteiger partial charge in [0.15, 0.2) is 0 Å². The molecule has 132 valence electrons. The maximum absolute atomic E-state index is 12.7. The van der Waals surface area contributed by atoms with Crippen LogP contribution in [-0.4, -0.2) is 35.1 Å². The quantitative estimate of drug-likeness (QED) is 0.884. The van der Waals surface area contributed by atoms with Gasteiger partial charge in [-0.05, 0) is 30.2 Å². The third-order valence-electron chi connectivity index (χ3n) is 4.37. The van der Waals surface area contributed by atoms with Crippen LogP contribution in [0.1, 0.15) is 51.6 Å². The zero-order chi connectivity index (χ0) is 17.7. The van der Waals surface area contributed by atoms with Gasteiger partial charge >= 0.3 is 12.0 Å². The van der Waals surface area contributed by atoms with E-state index in [0.717, 1.165) is 18.4 Å². The van der Waals surface area contributed by atoms with Crippen molar-refractivity contribution in [2.75, 3.05) is 13.1 Å². The lowest BCUT2D eigenvalue weighted by molar-refractivity contribution is -0.143. The second kappa shape index (κ2) is 7.69. The molecule has 1 fully saturated rings. The molecule has 0 radical (unpaired) electrons. The predicted molar refractivity (Wildman–Crippen MR) is 93.7 cm³/mol. The van der Waals surface area contributed by atoms with Crippen LogP contribution >= 0.6 is 0 Å². The Morgan fingerprint density at radius 2 is 1.96 bits per heavy atom. The minimum Gasteiger partial charge on any atom is -0.481 e. The average molecular weight is 332 g/mol. The summed E-state index contributed by atoms with van der Waals surface area (Å²) < 4.78 is 0. The van der Waals surface area contributed by atoms with Crippen molar-refractivity contribution >= 4 is 12.0 Å². The summed E-state index contributed by atoms with van der Waals surface area (Å²) in [5.74, 6) is -1.27. The molecule has 0 spiro atoms. The molecule has 5 nitrogen and oxygen atoms in total. The van der Waals surface area contributed by atoms with Crippen LogP contribution in [0.2, 0.25) is 0 Å². The van der Waals surface area contributed by atoms with E-state index in [-0.39, 0.29) is 24.0 Å². The van der Waals surface area contributed by atoms with Gasteiger partial charge in [-0.15, -0.1) is 0 Å². The van der Waals surface area contributed by atoms with E-state index in [2.05, 4.69) is 26.1 Å². The number of nitrogens with zero attached hydrogens (tertiary/aromatic N) is 1. The number of piperidine rings is 1. The van der Waals surface area contributed by atoms with Crippen molar-refractivity contribution in [2.45, 2.75) is 46.1 Å². The number of hydrogen-bond donors (Lipinski definition) is 2. The average Bonchev–Trinajstić information content (AvgIpc) is 2.54. The number of aliphatic carboxylic acids is 1. The first-order valence-electron chi connectivity index (χ1n) is 8.59. The van der Waals surface area contributed by atoms with Crippen LogP contribution in [0.25, 0.3) is 0 Å². The summed E-state index contributed by atoms with van der Waals surface area (Å²) in [4.78, 5) is 25.5. The van der Waals surface area contributed by atoms with E-state index in [1.165, 1.54) is 0 Å². The first-order chi connectivity index (χ1) is 11.3. The number of rotatable bonds is 4. The minimum absolute atomic E-state index is 0.0687. The summed E-state index contributed by atoms with van der Waals surface area (Å²) in [5.41, 5.74) is 1.15. The lowest BCUT2D eigenvalue weighted by atomic mass is 9.85. The van der Waals surface area contributed by atoms with Crippen LogP contribution in [0.15, 0.2) is 30.3 Å². The molecule has 2 rings (SSSR count). The molecule has 2 N–H and O–H groups in total. The van der Waals surface area contributed by atoms with Crippen molar-refractivity contribution < 1.29 is 14.7 Å². The third kappa shape index (κ3) is 5.25. The Morgan fingerprint density at radius 3 is 2.54 bits per heavy atom. The maximum Gasteiger partial charge on any atom is 0.317 e. The van der Waals surface area contributed by atoms with E-state index in [1.807, 2.05) is 30.3 Å². The molecule has 1 aromatic rings. The number of amides is 2. The number of urea groups is 1. The number of hydrogen-bond acceptors (Lipinski definition) is 2. The summed E-state index contributed by atoms with van der Waals surface area (Å²) in [7, 11) is 0. The van der Waals surface area contributed by atoms with Crippen molar-refractivity contribution in [3.05, 3.63) is 35.9 Å². The highest BCUT2D eigenvalue weighted by Gasteiger charge is 2.30. The Labute approximate surface area is 144 Å². The van der Waals surface area contributed by atoms with Gasteiger partial charge in [-0.3, -0.25) is 4.79 Å². The van der Waals surface area contributed by atoms with Crippen LogP contribution in [0.3, 0.4) is 0 Å². The maximum atomic E-state index is 12.7. The van der Waals surface area contributed by atoms with Gasteiger partial charge in [0.2, 0.25) is 0 Å². The third-order valence-corrected chi connectivity index (χ3v) is 4.37. The van der Waals surface area contributed by atoms with Crippen molar-refractivity contribution in [3.63, 3.8) is 0 Å². The first-order valence-corrected chi connectivity index (χ1v) is 8.59. The van der Waals surface area contributed by atoms with Crippen LogP contribution in [0.5, 0.6) is 0 Å². The highest BCUT2D eigenvalue weighted by Crippen LogP contribution is 2.29. The zero-order valence-corrected chi connectivity index (χ0v) is 14.8. The number of carboxylic acid groups (broad SMARTS) is 1. The van der Waals surface area contributed by atoms with Gasteiger partial charge in [-0.2, -0.15) is 0 Å². The summed E-state index contributed by atoms with van der Waals surface area (Å²) >= 11 is 0.